The molecule has 0 saturated carbocycles. The Balaban J connectivity index is 1.49. The Hall–Kier alpha value is -1.91. The molecular formula is C16H19N3O5S2. The lowest BCUT2D eigenvalue weighted by molar-refractivity contribution is -0.154. The van der Waals surface area contributed by atoms with Gasteiger partial charge in [0.2, 0.25) is 5.91 Å². The normalized spacial score (nSPS) is 16.5. The third kappa shape index (κ3) is 4.25. The number of thiazole rings is 1. The topological polar surface area (TPSA) is 110 Å². The van der Waals surface area contributed by atoms with E-state index >= 15 is 0 Å². The Morgan fingerprint density at radius 2 is 2.19 bits per heavy atom. The second kappa shape index (κ2) is 8.19. The summed E-state index contributed by atoms with van der Waals surface area (Å²) >= 11 is 2.72. The molecule has 1 saturated heterocycles. The zero-order valence-corrected chi connectivity index (χ0v) is 15.6. The number of hydrogen-bond acceptors (Lipinski definition) is 7. The van der Waals surface area contributed by atoms with Gasteiger partial charge >= 0.3 is 5.97 Å². The fourth-order valence-corrected chi connectivity index (χ4v) is 4.24. The molecular weight excluding hydrogens is 378 g/mol. The highest BCUT2D eigenvalue weighted by Crippen LogP contribution is 2.30. The molecule has 3 heterocycles. The molecule has 2 N–H and O–H groups in total. The molecule has 8 nitrogen and oxygen atoms in total. The second-order valence-electron chi connectivity index (χ2n) is 6.11. The number of aliphatic carboxylic acids is 1. The van der Waals surface area contributed by atoms with Gasteiger partial charge in [-0.3, -0.25) is 18.8 Å². The largest absolute Gasteiger partial charge is 0.481 e. The van der Waals surface area contributed by atoms with Crippen LogP contribution in [-0.2, 0) is 20.1 Å². The van der Waals surface area contributed by atoms with Crippen molar-refractivity contribution >= 4 is 39.9 Å². The lowest BCUT2D eigenvalue weighted by Crippen LogP contribution is -2.46. The van der Waals surface area contributed by atoms with E-state index in [1.54, 1.807) is 11.6 Å². The van der Waals surface area contributed by atoms with E-state index in [-0.39, 0.29) is 23.8 Å². The first kappa shape index (κ1) is 18.9. The van der Waals surface area contributed by atoms with E-state index in [1.807, 2.05) is 0 Å². The Bertz CT molecular complexity index is 857. The number of fused-ring (bicyclic) bond motifs is 1. The predicted molar refractivity (Wildman–Crippen MR) is 98.6 cm³/mol. The van der Waals surface area contributed by atoms with Crippen LogP contribution in [0.3, 0.4) is 0 Å². The van der Waals surface area contributed by atoms with E-state index in [2.05, 4.69) is 10.3 Å². The van der Waals surface area contributed by atoms with Crippen molar-refractivity contribution in [3.05, 3.63) is 33.7 Å². The molecule has 3 rings (SSSR count). The number of thioether (sulfide) groups is 1. The van der Waals surface area contributed by atoms with E-state index in [4.69, 9.17) is 4.74 Å². The summed E-state index contributed by atoms with van der Waals surface area (Å²) in [5.74, 6) is -0.508. The number of nitrogens with one attached hydrogen (secondary N) is 1. The maximum Gasteiger partial charge on any atom is 0.311 e. The van der Waals surface area contributed by atoms with Crippen LogP contribution in [0.4, 0.5) is 0 Å². The summed E-state index contributed by atoms with van der Waals surface area (Å²) in [6.07, 6.45) is 2.46. The lowest BCUT2D eigenvalue weighted by atomic mass is 9.80. The summed E-state index contributed by atoms with van der Waals surface area (Å²) in [4.78, 5) is 40.5. The molecule has 0 unspecified atom stereocenters. The van der Waals surface area contributed by atoms with Crippen LogP contribution in [0.1, 0.15) is 18.5 Å². The molecule has 0 aromatic carbocycles. The minimum atomic E-state index is -0.945. The summed E-state index contributed by atoms with van der Waals surface area (Å²) in [5.41, 5.74) is -0.458. The van der Waals surface area contributed by atoms with Crippen LogP contribution < -0.4 is 10.9 Å². The summed E-state index contributed by atoms with van der Waals surface area (Å²) in [6, 6.07) is 1.46. The summed E-state index contributed by atoms with van der Waals surface area (Å²) in [5, 5.41) is 14.0. The van der Waals surface area contributed by atoms with Crippen LogP contribution in [0, 0.1) is 5.41 Å². The molecule has 2 aromatic heterocycles. The Morgan fingerprint density at radius 3 is 2.92 bits per heavy atom. The molecule has 1 aliphatic heterocycles. The highest BCUT2D eigenvalue weighted by Gasteiger charge is 2.40. The molecule has 0 bridgehead atoms. The van der Waals surface area contributed by atoms with Crippen LogP contribution in [0.5, 0.6) is 0 Å². The molecule has 1 aliphatic rings. The molecule has 0 radical (unpaired) electrons. The number of rotatable bonds is 7. The van der Waals surface area contributed by atoms with Crippen LogP contribution in [0.2, 0.25) is 0 Å². The van der Waals surface area contributed by atoms with Crippen LogP contribution in [0.15, 0.2) is 22.4 Å². The van der Waals surface area contributed by atoms with Gasteiger partial charge in [-0.05, 0) is 12.8 Å². The van der Waals surface area contributed by atoms with Gasteiger partial charge in [-0.15, -0.1) is 23.1 Å². The number of carbonyl (C=O) groups excluding carboxylic acids is 1. The van der Waals surface area contributed by atoms with Crippen molar-refractivity contribution in [1.29, 1.82) is 0 Å². The highest BCUT2D eigenvalue weighted by molar-refractivity contribution is 7.99. The lowest BCUT2D eigenvalue weighted by Gasteiger charge is -2.33. The van der Waals surface area contributed by atoms with Crippen molar-refractivity contribution in [2.45, 2.75) is 18.6 Å². The number of aromatic nitrogens is 2. The minimum Gasteiger partial charge on any atom is -0.481 e. The number of carbonyl (C=O) groups is 2. The van der Waals surface area contributed by atoms with E-state index in [0.717, 1.165) is 0 Å². The first-order valence-electron chi connectivity index (χ1n) is 8.12. The first-order chi connectivity index (χ1) is 12.5. The summed E-state index contributed by atoms with van der Waals surface area (Å²) < 4.78 is 6.69. The van der Waals surface area contributed by atoms with Crippen molar-refractivity contribution in [1.82, 2.24) is 14.7 Å². The van der Waals surface area contributed by atoms with Crippen molar-refractivity contribution in [2.75, 3.05) is 25.5 Å². The number of amides is 1. The third-order valence-electron chi connectivity index (χ3n) is 4.37. The number of ether oxygens (including phenoxy) is 1. The van der Waals surface area contributed by atoms with E-state index in [9.17, 15) is 19.5 Å². The Morgan fingerprint density at radius 1 is 1.42 bits per heavy atom. The maximum atomic E-state index is 12.0. The number of hydrogen-bond donors (Lipinski definition) is 2. The monoisotopic (exact) mass is 397 g/mol. The second-order valence-corrected chi connectivity index (χ2v) is 7.97. The van der Waals surface area contributed by atoms with Gasteiger partial charge in [-0.25, -0.2) is 4.98 Å². The van der Waals surface area contributed by atoms with E-state index in [0.29, 0.717) is 42.5 Å². The Kier molecular flexibility index (Phi) is 5.94. The SMILES string of the molecule is O=C(CSCc1cc(=O)n2ccsc2n1)NCC1(C(=O)O)CCOCC1. The van der Waals surface area contributed by atoms with E-state index < -0.39 is 11.4 Å². The molecule has 0 aliphatic carbocycles. The predicted octanol–water partition coefficient (Wildman–Crippen LogP) is 0.987. The van der Waals surface area contributed by atoms with Crippen LogP contribution in [-0.4, -0.2) is 51.9 Å². The average Bonchev–Trinajstić information content (AvgIpc) is 3.10. The smallest absolute Gasteiger partial charge is 0.311 e. The van der Waals surface area contributed by atoms with Gasteiger partial charge in [-0.2, -0.15) is 0 Å². The van der Waals surface area contributed by atoms with Crippen LogP contribution >= 0.6 is 23.1 Å². The number of carboxylic acids is 1. The van der Waals surface area contributed by atoms with Gasteiger partial charge in [0.1, 0.15) is 0 Å². The molecule has 2 aromatic rings. The van der Waals surface area contributed by atoms with Gasteiger partial charge in [0.25, 0.3) is 5.56 Å². The fourth-order valence-electron chi connectivity index (χ4n) is 2.76. The van der Waals surface area contributed by atoms with E-state index in [1.165, 1.54) is 33.6 Å². The van der Waals surface area contributed by atoms with Gasteiger partial charge in [-0.1, -0.05) is 0 Å². The zero-order chi connectivity index (χ0) is 18.6. The van der Waals surface area contributed by atoms with Gasteiger partial charge < -0.3 is 15.2 Å². The number of carboxylic acid groups (broad SMARTS) is 1. The molecule has 1 amide bonds. The standard InChI is InChI=1S/C16H19N3O5S2/c20-12(17-10-16(14(22)23)1-4-24-5-2-16)9-25-8-11-7-13(21)19-3-6-26-15(19)18-11/h3,6-7H,1-2,4-5,8-10H2,(H,17,20)(H,22,23). The highest BCUT2D eigenvalue weighted by atomic mass is 32.2. The molecule has 0 spiro atoms. The quantitative estimate of drug-likeness (QED) is 0.717. The van der Waals surface area contributed by atoms with Crippen molar-refractivity contribution in [3.63, 3.8) is 0 Å². The van der Waals surface area contributed by atoms with Crippen molar-refractivity contribution in [2.24, 2.45) is 5.41 Å². The molecule has 0 atom stereocenters. The fraction of sp³-hybridized carbons (Fsp3) is 0.500. The van der Waals surface area contributed by atoms with Crippen LogP contribution in [0.25, 0.3) is 4.96 Å². The third-order valence-corrected chi connectivity index (χ3v) is 6.09. The molecule has 1 fully saturated rings. The number of nitrogens with zero attached hydrogens (tertiary/aromatic N) is 2. The summed E-state index contributed by atoms with van der Waals surface area (Å²) in [7, 11) is 0. The maximum absolute atomic E-state index is 12.0. The van der Waals surface area contributed by atoms with Gasteiger partial charge in [0, 0.05) is 43.2 Å². The van der Waals surface area contributed by atoms with Gasteiger partial charge in [0.15, 0.2) is 4.96 Å². The Labute approximate surface area is 157 Å². The first-order valence-corrected chi connectivity index (χ1v) is 10.1. The molecule has 26 heavy (non-hydrogen) atoms. The molecule has 10 heteroatoms. The van der Waals surface area contributed by atoms with Gasteiger partial charge in [0.05, 0.1) is 16.9 Å². The minimum absolute atomic E-state index is 0.103. The summed E-state index contributed by atoms with van der Waals surface area (Å²) in [6.45, 7) is 0.887. The zero-order valence-electron chi connectivity index (χ0n) is 14.0. The molecule has 140 valence electrons. The van der Waals surface area contributed by atoms with Crippen molar-refractivity contribution in [3.8, 4) is 0 Å². The average molecular weight is 397 g/mol. The van der Waals surface area contributed by atoms with Crippen molar-refractivity contribution < 1.29 is 19.4 Å².